The first-order valence-corrected chi connectivity index (χ1v) is 13.0. The van der Waals surface area contributed by atoms with E-state index in [0.717, 1.165) is 55.0 Å². The van der Waals surface area contributed by atoms with E-state index < -0.39 is 0 Å². The van der Waals surface area contributed by atoms with Crippen LogP contribution >= 0.6 is 11.6 Å². The average Bonchev–Trinajstić information content (AvgIpc) is 3.39. The van der Waals surface area contributed by atoms with Crippen LogP contribution in [0.2, 0.25) is 5.02 Å². The smallest absolute Gasteiger partial charge is 0.257 e. The van der Waals surface area contributed by atoms with E-state index in [4.69, 9.17) is 21.1 Å². The predicted octanol–water partition coefficient (Wildman–Crippen LogP) is 4.49. The number of pyridine rings is 1. The van der Waals surface area contributed by atoms with Gasteiger partial charge in [-0.3, -0.25) is 9.69 Å². The van der Waals surface area contributed by atoms with Gasteiger partial charge in [-0.25, -0.2) is 9.97 Å². The van der Waals surface area contributed by atoms with Crippen molar-refractivity contribution < 1.29 is 14.3 Å². The molecule has 1 aliphatic heterocycles. The van der Waals surface area contributed by atoms with Crippen molar-refractivity contribution >= 4 is 34.4 Å². The van der Waals surface area contributed by atoms with E-state index in [0.29, 0.717) is 28.3 Å². The maximum Gasteiger partial charge on any atom is 0.257 e. The molecule has 3 heterocycles. The number of amides is 1. The average molecular weight is 535 g/mol. The molecule has 1 fully saturated rings. The lowest BCUT2D eigenvalue weighted by Crippen LogP contribution is -2.38. The van der Waals surface area contributed by atoms with Crippen molar-refractivity contribution in [2.45, 2.75) is 25.4 Å². The third kappa shape index (κ3) is 6.00. The Morgan fingerprint density at radius 1 is 1.11 bits per heavy atom. The van der Waals surface area contributed by atoms with Gasteiger partial charge in [-0.15, -0.1) is 0 Å². The monoisotopic (exact) mass is 534 g/mol. The zero-order valence-corrected chi connectivity index (χ0v) is 22.2. The zero-order valence-electron chi connectivity index (χ0n) is 21.5. The highest BCUT2D eigenvalue weighted by molar-refractivity contribution is 6.34. The number of benzene rings is 2. The maximum absolute atomic E-state index is 11.4. The van der Waals surface area contributed by atoms with Crippen molar-refractivity contribution in [2.24, 2.45) is 0 Å². The molecular weight excluding hydrogens is 504 g/mol. The topological polar surface area (TPSA) is 104 Å². The molecule has 1 amide bonds. The lowest BCUT2D eigenvalue weighted by atomic mass is 10.0. The van der Waals surface area contributed by atoms with Gasteiger partial charge in [0.25, 0.3) is 5.91 Å². The summed E-state index contributed by atoms with van der Waals surface area (Å²) in [6.07, 6.45) is 3.66. The van der Waals surface area contributed by atoms with Gasteiger partial charge in [0.15, 0.2) is 12.3 Å². The Balaban J connectivity index is 1.24. The Kier molecular flexibility index (Phi) is 7.95. The lowest BCUT2D eigenvalue weighted by Gasteiger charge is -2.33. The molecule has 0 aliphatic carbocycles. The molecule has 9 nitrogen and oxygen atoms in total. The minimum atomic E-state index is -0.183. The molecule has 0 saturated carbocycles. The normalized spacial score (nSPS) is 14.4. The molecule has 0 unspecified atom stereocenters. The standard InChI is InChI=1S/C28H31ClN6O3/c1-30-24(36)17-38-22-9-5-19(6-10-22)27-33-26-25(23(29)15-31-28(26)34-27)32-20-11-13-35(14-12-20)16-18-3-7-21(37-2)8-4-18/h3-10,15,20H,11-14,16-17H2,1-2H3,(H,30,36)(H2,31,32,33,34). The second kappa shape index (κ2) is 11.7. The van der Waals surface area contributed by atoms with Crippen LogP contribution in [0.15, 0.2) is 54.7 Å². The first kappa shape index (κ1) is 25.8. The van der Waals surface area contributed by atoms with Crippen LogP contribution in [0.4, 0.5) is 5.69 Å². The number of H-pyrrole nitrogens is 1. The fourth-order valence-corrected chi connectivity index (χ4v) is 4.77. The Bertz CT molecular complexity index is 1380. The van der Waals surface area contributed by atoms with E-state index in [1.54, 1.807) is 20.4 Å². The molecule has 1 saturated heterocycles. The second-order valence-electron chi connectivity index (χ2n) is 9.29. The summed E-state index contributed by atoms with van der Waals surface area (Å²) in [6, 6.07) is 16.0. The van der Waals surface area contributed by atoms with Crippen LogP contribution in [0.3, 0.4) is 0 Å². The zero-order chi connectivity index (χ0) is 26.5. The van der Waals surface area contributed by atoms with E-state index >= 15 is 0 Å². The van der Waals surface area contributed by atoms with E-state index in [9.17, 15) is 4.79 Å². The van der Waals surface area contributed by atoms with Crippen molar-refractivity contribution in [3.8, 4) is 22.9 Å². The quantitative estimate of drug-likeness (QED) is 0.290. The first-order chi connectivity index (χ1) is 18.5. The number of anilines is 1. The third-order valence-corrected chi connectivity index (χ3v) is 7.04. The summed E-state index contributed by atoms with van der Waals surface area (Å²) >= 11 is 6.59. The Morgan fingerprint density at radius 3 is 2.50 bits per heavy atom. The highest BCUT2D eigenvalue weighted by Crippen LogP contribution is 2.32. The molecule has 2 aromatic heterocycles. The van der Waals surface area contributed by atoms with Gasteiger partial charge < -0.3 is 25.1 Å². The van der Waals surface area contributed by atoms with Gasteiger partial charge in [-0.05, 0) is 54.8 Å². The molecule has 2 aromatic carbocycles. The van der Waals surface area contributed by atoms with Crippen LogP contribution in [0, 0.1) is 0 Å². The predicted molar refractivity (Wildman–Crippen MR) is 149 cm³/mol. The van der Waals surface area contributed by atoms with E-state index in [-0.39, 0.29) is 12.5 Å². The number of halogens is 1. The first-order valence-electron chi connectivity index (χ1n) is 12.6. The molecule has 198 valence electrons. The molecule has 10 heteroatoms. The van der Waals surface area contributed by atoms with Gasteiger partial charge in [0.05, 0.1) is 24.0 Å². The van der Waals surface area contributed by atoms with Gasteiger partial charge >= 0.3 is 0 Å². The number of piperidine rings is 1. The largest absolute Gasteiger partial charge is 0.497 e. The summed E-state index contributed by atoms with van der Waals surface area (Å²) in [5.41, 5.74) is 4.38. The third-order valence-electron chi connectivity index (χ3n) is 6.75. The van der Waals surface area contributed by atoms with Gasteiger partial charge in [0.1, 0.15) is 22.8 Å². The van der Waals surface area contributed by atoms with Gasteiger partial charge in [-0.1, -0.05) is 23.7 Å². The van der Waals surface area contributed by atoms with Crippen LogP contribution in [0.5, 0.6) is 11.5 Å². The van der Waals surface area contributed by atoms with Crippen molar-refractivity contribution in [1.29, 1.82) is 0 Å². The summed E-state index contributed by atoms with van der Waals surface area (Å²) < 4.78 is 10.7. The summed E-state index contributed by atoms with van der Waals surface area (Å²) in [6.45, 7) is 2.89. The number of nitrogens with one attached hydrogen (secondary N) is 3. The van der Waals surface area contributed by atoms with Gasteiger partial charge in [0.2, 0.25) is 0 Å². The summed E-state index contributed by atoms with van der Waals surface area (Å²) in [5.74, 6) is 1.99. The van der Waals surface area contributed by atoms with Crippen LogP contribution in [-0.4, -0.2) is 65.7 Å². The SMILES string of the molecule is CNC(=O)COc1ccc(-c2nc3ncc(Cl)c(NC4CCN(Cc5ccc(OC)cc5)CC4)c3[nH]2)cc1. The number of methoxy groups -OCH3 is 1. The van der Waals surface area contributed by atoms with Crippen molar-refractivity contribution in [3.05, 3.63) is 65.3 Å². The highest BCUT2D eigenvalue weighted by Gasteiger charge is 2.22. The molecule has 4 aromatic rings. The van der Waals surface area contributed by atoms with Gasteiger partial charge in [0, 0.05) is 38.3 Å². The van der Waals surface area contributed by atoms with Crippen molar-refractivity contribution in [1.82, 2.24) is 25.2 Å². The molecule has 0 radical (unpaired) electrons. The number of carbonyl (C=O) groups is 1. The number of aromatic amines is 1. The number of likely N-dealkylation sites (N-methyl/N-ethyl adjacent to an activating group) is 1. The fraction of sp³-hybridized carbons (Fsp3) is 0.321. The molecule has 0 atom stereocenters. The van der Waals surface area contributed by atoms with E-state index in [1.165, 1.54) is 5.56 Å². The van der Waals surface area contributed by atoms with Crippen LogP contribution in [-0.2, 0) is 11.3 Å². The molecule has 0 spiro atoms. The number of rotatable bonds is 9. The minimum Gasteiger partial charge on any atom is -0.497 e. The number of ether oxygens (including phenoxy) is 2. The van der Waals surface area contributed by atoms with Crippen LogP contribution < -0.4 is 20.1 Å². The van der Waals surface area contributed by atoms with Crippen molar-refractivity contribution in [3.63, 3.8) is 0 Å². The second-order valence-corrected chi connectivity index (χ2v) is 9.70. The molecule has 38 heavy (non-hydrogen) atoms. The fourth-order valence-electron chi connectivity index (χ4n) is 4.57. The summed E-state index contributed by atoms with van der Waals surface area (Å²) in [5, 5.41) is 6.75. The Labute approximate surface area is 226 Å². The Morgan fingerprint density at radius 2 is 1.82 bits per heavy atom. The molecular formula is C28H31ClN6O3. The number of imidazole rings is 1. The highest BCUT2D eigenvalue weighted by atomic mass is 35.5. The van der Waals surface area contributed by atoms with Crippen LogP contribution in [0.25, 0.3) is 22.6 Å². The van der Waals surface area contributed by atoms with Crippen LogP contribution in [0.1, 0.15) is 18.4 Å². The number of fused-ring (bicyclic) bond motifs is 1. The summed E-state index contributed by atoms with van der Waals surface area (Å²) in [7, 11) is 3.26. The number of hydrogen-bond acceptors (Lipinski definition) is 7. The number of nitrogens with zero attached hydrogens (tertiary/aromatic N) is 3. The van der Waals surface area contributed by atoms with Gasteiger partial charge in [-0.2, -0.15) is 0 Å². The number of likely N-dealkylation sites (tertiary alicyclic amines) is 1. The molecule has 5 rings (SSSR count). The molecule has 1 aliphatic rings. The van der Waals surface area contributed by atoms with E-state index in [1.807, 2.05) is 36.4 Å². The molecule has 0 bridgehead atoms. The summed E-state index contributed by atoms with van der Waals surface area (Å²) in [4.78, 5) is 26.4. The molecule has 3 N–H and O–H groups in total. The van der Waals surface area contributed by atoms with Crippen molar-refractivity contribution in [2.75, 3.05) is 39.2 Å². The minimum absolute atomic E-state index is 0.0294. The lowest BCUT2D eigenvalue weighted by molar-refractivity contribution is -0.122. The Hall–Kier alpha value is -3.82. The maximum atomic E-state index is 11.4. The number of aromatic nitrogens is 3. The number of hydrogen-bond donors (Lipinski definition) is 3. The van der Waals surface area contributed by atoms with E-state index in [2.05, 4.69) is 42.6 Å². The number of carbonyl (C=O) groups excluding carboxylic acids is 1.